The first-order valence-electron chi connectivity index (χ1n) is 4.14. The Balaban J connectivity index is 2.37. The number of hydrogen-bond donors (Lipinski definition) is 0. The number of hydrogen-bond acceptors (Lipinski definition) is 2. The van der Waals surface area contributed by atoms with Gasteiger partial charge in [-0.15, -0.1) is 11.8 Å². The molecule has 64 valence electrons. The van der Waals surface area contributed by atoms with Gasteiger partial charge >= 0.3 is 0 Å². The molecule has 1 aromatic carbocycles. The van der Waals surface area contributed by atoms with Gasteiger partial charge in [-0.3, -0.25) is 0 Å². The second-order valence-electron chi connectivity index (χ2n) is 2.89. The van der Waals surface area contributed by atoms with Crippen molar-refractivity contribution in [3.05, 3.63) is 35.4 Å². The van der Waals surface area contributed by atoms with Crippen LogP contribution < -0.4 is 0 Å². The lowest BCUT2D eigenvalue weighted by Crippen LogP contribution is -2.09. The average molecular weight is 180 g/mol. The van der Waals surface area contributed by atoms with E-state index in [1.165, 1.54) is 23.3 Å². The Bertz CT molecular complexity index is 272. The molecule has 0 amide bonds. The van der Waals surface area contributed by atoms with Gasteiger partial charge in [0.05, 0.1) is 0 Å². The molecule has 0 N–H and O–H groups in total. The van der Waals surface area contributed by atoms with E-state index in [2.05, 4.69) is 24.3 Å². The lowest BCUT2D eigenvalue weighted by atomic mass is 10.1. The smallest absolute Gasteiger partial charge is 0.128 e. The molecule has 0 radical (unpaired) electrons. The number of rotatable bonds is 1. The van der Waals surface area contributed by atoms with E-state index in [1.54, 1.807) is 7.11 Å². The second-order valence-corrected chi connectivity index (χ2v) is 4.06. The van der Waals surface area contributed by atoms with Crippen LogP contribution in [0.1, 0.15) is 16.6 Å². The maximum atomic E-state index is 5.38. The van der Waals surface area contributed by atoms with Crippen LogP contribution in [-0.2, 0) is 11.2 Å². The molecule has 0 bridgehead atoms. The van der Waals surface area contributed by atoms with Crippen molar-refractivity contribution in [1.82, 2.24) is 0 Å². The van der Waals surface area contributed by atoms with Crippen LogP contribution in [0.4, 0.5) is 0 Å². The number of benzene rings is 1. The van der Waals surface area contributed by atoms with E-state index >= 15 is 0 Å². The molecule has 1 aromatic rings. The molecule has 0 saturated heterocycles. The SMILES string of the molecule is COC1SCCc2ccccc21. The van der Waals surface area contributed by atoms with Crippen LogP contribution in [0.25, 0.3) is 0 Å². The van der Waals surface area contributed by atoms with Crippen molar-refractivity contribution >= 4 is 11.8 Å². The van der Waals surface area contributed by atoms with Gasteiger partial charge in [0.1, 0.15) is 5.44 Å². The summed E-state index contributed by atoms with van der Waals surface area (Å²) in [6.45, 7) is 0. The fourth-order valence-corrected chi connectivity index (χ4v) is 2.65. The lowest BCUT2D eigenvalue weighted by Gasteiger charge is -2.23. The first-order chi connectivity index (χ1) is 5.92. The third-order valence-electron chi connectivity index (χ3n) is 2.16. The highest BCUT2D eigenvalue weighted by atomic mass is 32.2. The predicted octanol–water partition coefficient (Wildman–Crippen LogP) is 2.62. The van der Waals surface area contributed by atoms with Gasteiger partial charge in [0.15, 0.2) is 0 Å². The molecule has 2 heteroatoms. The quantitative estimate of drug-likeness (QED) is 0.657. The van der Waals surface area contributed by atoms with E-state index in [1.807, 2.05) is 11.8 Å². The molecule has 0 aromatic heterocycles. The molecule has 0 fully saturated rings. The minimum absolute atomic E-state index is 0.259. The molecule has 12 heavy (non-hydrogen) atoms. The van der Waals surface area contributed by atoms with Gasteiger partial charge in [-0.05, 0) is 17.5 Å². The summed E-state index contributed by atoms with van der Waals surface area (Å²) >= 11 is 1.88. The third-order valence-corrected chi connectivity index (χ3v) is 3.35. The van der Waals surface area contributed by atoms with Crippen LogP contribution in [-0.4, -0.2) is 12.9 Å². The zero-order valence-corrected chi connectivity index (χ0v) is 7.93. The van der Waals surface area contributed by atoms with E-state index in [0.717, 1.165) is 0 Å². The number of aryl methyl sites for hydroxylation is 1. The summed E-state index contributed by atoms with van der Waals surface area (Å²) in [5.41, 5.74) is 3.06. The van der Waals surface area contributed by atoms with Crippen LogP contribution in [0.15, 0.2) is 24.3 Å². The van der Waals surface area contributed by atoms with Crippen molar-refractivity contribution in [3.63, 3.8) is 0 Å². The first kappa shape index (κ1) is 8.14. The van der Waals surface area contributed by atoms with E-state index < -0.39 is 0 Å². The third kappa shape index (κ3) is 1.37. The fraction of sp³-hybridized carbons (Fsp3) is 0.400. The summed E-state index contributed by atoms with van der Waals surface area (Å²) in [4.78, 5) is 0. The minimum atomic E-state index is 0.259. The first-order valence-corrected chi connectivity index (χ1v) is 5.19. The second kappa shape index (κ2) is 3.50. The van der Waals surface area contributed by atoms with Crippen LogP contribution >= 0.6 is 11.8 Å². The maximum Gasteiger partial charge on any atom is 0.128 e. The van der Waals surface area contributed by atoms with Gasteiger partial charge in [-0.25, -0.2) is 0 Å². The number of methoxy groups -OCH3 is 1. The molecule has 1 unspecified atom stereocenters. The van der Waals surface area contributed by atoms with E-state index in [0.29, 0.717) is 0 Å². The Morgan fingerprint density at radius 3 is 3.08 bits per heavy atom. The molecule has 0 saturated carbocycles. The molecule has 2 rings (SSSR count). The average Bonchev–Trinajstić information content (AvgIpc) is 2.17. The highest BCUT2D eigenvalue weighted by molar-refractivity contribution is 7.99. The maximum absolute atomic E-state index is 5.38. The summed E-state index contributed by atoms with van der Waals surface area (Å²) < 4.78 is 5.38. The fourth-order valence-electron chi connectivity index (χ4n) is 1.55. The number of fused-ring (bicyclic) bond motifs is 1. The van der Waals surface area contributed by atoms with Gasteiger partial charge in [0.25, 0.3) is 0 Å². The van der Waals surface area contributed by atoms with Crippen LogP contribution in [0.5, 0.6) is 0 Å². The molecule has 0 spiro atoms. The monoisotopic (exact) mass is 180 g/mol. The van der Waals surface area contributed by atoms with Gasteiger partial charge in [0.2, 0.25) is 0 Å². The Kier molecular flexibility index (Phi) is 2.38. The molecular formula is C10H12OS. The predicted molar refractivity (Wildman–Crippen MR) is 52.4 cm³/mol. The van der Waals surface area contributed by atoms with Crippen molar-refractivity contribution in [3.8, 4) is 0 Å². The largest absolute Gasteiger partial charge is 0.366 e. The number of ether oxygens (including phenoxy) is 1. The standard InChI is InChI=1S/C10H12OS/c1-11-10-9-5-3-2-4-8(9)6-7-12-10/h2-5,10H,6-7H2,1H3. The van der Waals surface area contributed by atoms with Crippen molar-refractivity contribution < 1.29 is 4.74 Å². The van der Waals surface area contributed by atoms with Gasteiger partial charge in [0, 0.05) is 12.9 Å². The number of thioether (sulfide) groups is 1. The van der Waals surface area contributed by atoms with Crippen LogP contribution in [0.2, 0.25) is 0 Å². The molecule has 1 heterocycles. The summed E-state index contributed by atoms with van der Waals surface area (Å²) in [5, 5.41) is 0. The Morgan fingerprint density at radius 1 is 1.42 bits per heavy atom. The van der Waals surface area contributed by atoms with E-state index in [4.69, 9.17) is 4.74 Å². The summed E-state index contributed by atoms with van der Waals surface area (Å²) in [6.07, 6.45) is 1.18. The molecular weight excluding hydrogens is 168 g/mol. The zero-order chi connectivity index (χ0) is 8.39. The van der Waals surface area contributed by atoms with Crippen LogP contribution in [0, 0.1) is 0 Å². The van der Waals surface area contributed by atoms with Gasteiger partial charge in [-0.1, -0.05) is 24.3 Å². The zero-order valence-electron chi connectivity index (χ0n) is 7.12. The van der Waals surface area contributed by atoms with Crippen LogP contribution in [0.3, 0.4) is 0 Å². The normalized spacial score (nSPS) is 21.9. The topological polar surface area (TPSA) is 9.23 Å². The Hall–Kier alpha value is -0.470. The van der Waals surface area contributed by atoms with E-state index in [9.17, 15) is 0 Å². The Morgan fingerprint density at radius 2 is 2.25 bits per heavy atom. The lowest BCUT2D eigenvalue weighted by molar-refractivity contribution is 0.174. The van der Waals surface area contributed by atoms with Gasteiger partial charge in [-0.2, -0.15) is 0 Å². The summed E-state index contributed by atoms with van der Waals surface area (Å²) in [6, 6.07) is 8.54. The molecule has 0 aliphatic carbocycles. The summed E-state index contributed by atoms with van der Waals surface area (Å²) in [5.74, 6) is 1.18. The van der Waals surface area contributed by atoms with Crippen molar-refractivity contribution in [2.45, 2.75) is 11.9 Å². The molecule has 1 aliphatic heterocycles. The minimum Gasteiger partial charge on any atom is -0.366 e. The highest BCUT2D eigenvalue weighted by Crippen LogP contribution is 2.36. The Labute approximate surface area is 77.1 Å². The van der Waals surface area contributed by atoms with Crippen molar-refractivity contribution in [2.75, 3.05) is 12.9 Å². The molecule has 1 aliphatic rings. The molecule has 1 nitrogen and oxygen atoms in total. The summed E-state index contributed by atoms with van der Waals surface area (Å²) in [7, 11) is 1.78. The van der Waals surface area contributed by atoms with E-state index in [-0.39, 0.29) is 5.44 Å². The van der Waals surface area contributed by atoms with Gasteiger partial charge < -0.3 is 4.74 Å². The molecule has 1 atom stereocenters. The highest BCUT2D eigenvalue weighted by Gasteiger charge is 2.18. The van der Waals surface area contributed by atoms with Crippen molar-refractivity contribution in [1.29, 1.82) is 0 Å². The van der Waals surface area contributed by atoms with Crippen molar-refractivity contribution in [2.24, 2.45) is 0 Å².